The molecule has 5 heteroatoms. The molecule has 0 atom stereocenters. The zero-order chi connectivity index (χ0) is 16.7. The largest absolute Gasteiger partial charge is 0.494 e. The summed E-state index contributed by atoms with van der Waals surface area (Å²) < 4.78 is 18.6. The molecule has 0 aliphatic rings. The number of aliphatic imine (C=N–C) groups is 1. The summed E-state index contributed by atoms with van der Waals surface area (Å²) in [5.74, 6) is 0.627. The minimum atomic E-state index is -0.371. The van der Waals surface area contributed by atoms with Gasteiger partial charge in [0.1, 0.15) is 0 Å². The topological polar surface area (TPSA) is 36.9 Å². The Morgan fingerprint density at radius 3 is 2.48 bits per heavy atom. The number of nitrogens with zero attached hydrogens (tertiary/aromatic N) is 2. The number of ether oxygens (including phenoxy) is 1. The Morgan fingerprint density at radius 2 is 1.87 bits per heavy atom. The Bertz CT molecular complexity index is 657. The zero-order valence-electron chi connectivity index (χ0n) is 13.7. The normalized spacial score (nSPS) is 11.2. The predicted molar refractivity (Wildman–Crippen MR) is 91.1 cm³/mol. The van der Waals surface area contributed by atoms with Gasteiger partial charge in [-0.1, -0.05) is 36.4 Å². The molecule has 0 aliphatic carbocycles. The average Bonchev–Trinajstić information content (AvgIpc) is 2.55. The Labute approximate surface area is 136 Å². The first-order valence-electron chi connectivity index (χ1n) is 7.42. The highest BCUT2D eigenvalue weighted by Gasteiger charge is 2.05. The maximum Gasteiger partial charge on any atom is 0.194 e. The van der Waals surface area contributed by atoms with Crippen LogP contribution in [0, 0.1) is 5.82 Å². The summed E-state index contributed by atoms with van der Waals surface area (Å²) in [7, 11) is 5.30. The summed E-state index contributed by atoms with van der Waals surface area (Å²) in [5, 5.41) is 3.30. The second-order valence-electron chi connectivity index (χ2n) is 5.34. The molecule has 0 bridgehead atoms. The van der Waals surface area contributed by atoms with E-state index in [1.165, 1.54) is 18.7 Å². The highest BCUT2D eigenvalue weighted by atomic mass is 19.1. The van der Waals surface area contributed by atoms with Crippen molar-refractivity contribution in [1.29, 1.82) is 0 Å². The highest BCUT2D eigenvalue weighted by Crippen LogP contribution is 2.18. The second-order valence-corrected chi connectivity index (χ2v) is 5.34. The molecule has 0 heterocycles. The lowest BCUT2D eigenvalue weighted by molar-refractivity contribution is 0.386. The average molecular weight is 315 g/mol. The molecule has 0 fully saturated rings. The van der Waals surface area contributed by atoms with Gasteiger partial charge in [0, 0.05) is 20.6 Å². The summed E-state index contributed by atoms with van der Waals surface area (Å²) in [6.45, 7) is 1.09. The molecule has 122 valence electrons. The fraction of sp³-hybridized carbons (Fsp3) is 0.278. The fourth-order valence-corrected chi connectivity index (χ4v) is 2.11. The molecule has 2 rings (SSSR count). The van der Waals surface area contributed by atoms with E-state index in [1.54, 1.807) is 6.07 Å². The number of benzene rings is 2. The number of guanidine groups is 1. The van der Waals surface area contributed by atoms with Crippen LogP contribution in [0.5, 0.6) is 5.75 Å². The Morgan fingerprint density at radius 1 is 1.13 bits per heavy atom. The molecule has 0 aromatic heterocycles. The molecule has 2 aromatic carbocycles. The number of rotatable bonds is 5. The summed E-state index contributed by atoms with van der Waals surface area (Å²) >= 11 is 0. The monoisotopic (exact) mass is 315 g/mol. The molecule has 0 radical (unpaired) electrons. The maximum absolute atomic E-state index is 13.7. The van der Waals surface area contributed by atoms with Crippen LogP contribution in [0.15, 0.2) is 53.5 Å². The molecule has 0 amide bonds. The van der Waals surface area contributed by atoms with Crippen LogP contribution in [0.25, 0.3) is 0 Å². The van der Waals surface area contributed by atoms with Crippen molar-refractivity contribution in [2.45, 2.75) is 13.1 Å². The van der Waals surface area contributed by atoms with E-state index in [0.29, 0.717) is 13.1 Å². The first kappa shape index (κ1) is 16.8. The zero-order valence-corrected chi connectivity index (χ0v) is 13.7. The first-order valence-corrected chi connectivity index (χ1v) is 7.42. The molecular weight excluding hydrogens is 293 g/mol. The van der Waals surface area contributed by atoms with E-state index in [1.807, 2.05) is 43.3 Å². The van der Waals surface area contributed by atoms with Gasteiger partial charge >= 0.3 is 0 Å². The van der Waals surface area contributed by atoms with Crippen LogP contribution in [0.3, 0.4) is 0 Å². The van der Waals surface area contributed by atoms with Gasteiger partial charge in [0.15, 0.2) is 17.5 Å². The van der Waals surface area contributed by atoms with E-state index in [2.05, 4.69) is 22.4 Å². The molecule has 0 aliphatic heterocycles. The van der Waals surface area contributed by atoms with E-state index >= 15 is 0 Å². The molecule has 4 nitrogen and oxygen atoms in total. The van der Waals surface area contributed by atoms with Gasteiger partial charge in [-0.25, -0.2) is 9.38 Å². The van der Waals surface area contributed by atoms with Crippen LogP contribution >= 0.6 is 0 Å². The third-order valence-corrected chi connectivity index (χ3v) is 3.34. The van der Waals surface area contributed by atoms with Crippen LogP contribution in [-0.4, -0.2) is 32.1 Å². The van der Waals surface area contributed by atoms with Gasteiger partial charge < -0.3 is 15.0 Å². The minimum Gasteiger partial charge on any atom is -0.494 e. The van der Waals surface area contributed by atoms with Crippen molar-refractivity contribution in [3.05, 3.63) is 65.5 Å². The standard InChI is InChI=1S/C18H22FN3O/c1-22(2)18(20-12-14-7-5-4-6-8-14)21-13-15-9-10-17(23-3)16(19)11-15/h4-11H,12-13H2,1-3H3,(H,20,21). The Kier molecular flexibility index (Phi) is 5.97. The van der Waals surface area contributed by atoms with Gasteiger partial charge in [0.25, 0.3) is 0 Å². The smallest absolute Gasteiger partial charge is 0.194 e. The lowest BCUT2D eigenvalue weighted by Crippen LogP contribution is -2.36. The van der Waals surface area contributed by atoms with Crippen LogP contribution in [0.2, 0.25) is 0 Å². The van der Waals surface area contributed by atoms with Crippen molar-refractivity contribution >= 4 is 5.96 Å². The van der Waals surface area contributed by atoms with Crippen molar-refractivity contribution in [1.82, 2.24) is 10.2 Å². The number of hydrogen-bond donors (Lipinski definition) is 1. The molecule has 0 saturated carbocycles. The Hall–Kier alpha value is -2.56. The van der Waals surface area contributed by atoms with Crippen LogP contribution in [0.1, 0.15) is 11.1 Å². The molecule has 0 spiro atoms. The second kappa shape index (κ2) is 8.17. The van der Waals surface area contributed by atoms with E-state index in [4.69, 9.17) is 4.74 Å². The summed E-state index contributed by atoms with van der Waals surface area (Å²) in [6.07, 6.45) is 0. The van der Waals surface area contributed by atoms with Crippen molar-refractivity contribution in [2.75, 3.05) is 21.2 Å². The van der Waals surface area contributed by atoms with Gasteiger partial charge in [-0.2, -0.15) is 0 Å². The molecule has 1 N–H and O–H groups in total. The fourth-order valence-electron chi connectivity index (χ4n) is 2.11. The van der Waals surface area contributed by atoms with Crippen molar-refractivity contribution in [3.8, 4) is 5.75 Å². The third kappa shape index (κ3) is 4.98. The van der Waals surface area contributed by atoms with E-state index in [-0.39, 0.29) is 11.6 Å². The lowest BCUT2D eigenvalue weighted by atomic mass is 10.2. The number of nitrogens with one attached hydrogen (secondary N) is 1. The van der Waals surface area contributed by atoms with E-state index < -0.39 is 0 Å². The van der Waals surface area contributed by atoms with Crippen LogP contribution in [-0.2, 0) is 13.1 Å². The lowest BCUT2D eigenvalue weighted by Gasteiger charge is -2.18. The van der Waals surface area contributed by atoms with Crippen LogP contribution in [0.4, 0.5) is 4.39 Å². The van der Waals surface area contributed by atoms with Crippen molar-refractivity contribution in [3.63, 3.8) is 0 Å². The van der Waals surface area contributed by atoms with Crippen molar-refractivity contribution in [2.24, 2.45) is 4.99 Å². The molecule has 0 unspecified atom stereocenters. The van der Waals surface area contributed by atoms with Gasteiger partial charge in [0.05, 0.1) is 13.7 Å². The van der Waals surface area contributed by atoms with Gasteiger partial charge in [-0.05, 0) is 23.3 Å². The Balaban J connectivity index is 2.02. The summed E-state index contributed by atoms with van der Waals surface area (Å²) in [4.78, 5) is 6.43. The first-order chi connectivity index (χ1) is 11.1. The molecular formula is C18H22FN3O. The number of methoxy groups -OCH3 is 1. The third-order valence-electron chi connectivity index (χ3n) is 3.34. The quantitative estimate of drug-likeness (QED) is 0.680. The number of halogens is 1. The summed E-state index contributed by atoms with van der Waals surface area (Å²) in [6, 6.07) is 15.0. The summed E-state index contributed by atoms with van der Waals surface area (Å²) in [5.41, 5.74) is 1.97. The molecule has 0 saturated heterocycles. The maximum atomic E-state index is 13.7. The predicted octanol–water partition coefficient (Wildman–Crippen LogP) is 3.04. The van der Waals surface area contributed by atoms with Gasteiger partial charge in [-0.3, -0.25) is 0 Å². The van der Waals surface area contributed by atoms with Crippen LogP contribution < -0.4 is 10.1 Å². The highest BCUT2D eigenvalue weighted by molar-refractivity contribution is 5.79. The minimum absolute atomic E-state index is 0.243. The number of hydrogen-bond acceptors (Lipinski definition) is 2. The van der Waals surface area contributed by atoms with Crippen molar-refractivity contribution < 1.29 is 9.13 Å². The van der Waals surface area contributed by atoms with Gasteiger partial charge in [-0.15, -0.1) is 0 Å². The SMILES string of the molecule is COc1ccc(CN=C(NCc2ccccc2)N(C)C)cc1F. The molecule has 23 heavy (non-hydrogen) atoms. The van der Waals surface area contributed by atoms with E-state index in [9.17, 15) is 4.39 Å². The van der Waals surface area contributed by atoms with E-state index in [0.717, 1.165) is 11.5 Å². The molecule has 2 aromatic rings. The van der Waals surface area contributed by atoms with Gasteiger partial charge in [0.2, 0.25) is 0 Å².